The SMILES string of the molecule is Cc1cc(Br)c2c(c1)C(=O)NC(c1cn[nH]c1-c1ccccc1)N2. The van der Waals surface area contributed by atoms with Crippen LogP contribution in [0.1, 0.15) is 27.7 Å². The molecule has 3 N–H and O–H groups in total. The summed E-state index contributed by atoms with van der Waals surface area (Å²) in [6.07, 6.45) is 1.39. The van der Waals surface area contributed by atoms with E-state index in [4.69, 9.17) is 0 Å². The maximum absolute atomic E-state index is 12.5. The van der Waals surface area contributed by atoms with E-state index in [2.05, 4.69) is 36.8 Å². The number of halogens is 1. The first kappa shape index (κ1) is 15.0. The molecular formula is C18H15BrN4O. The predicted octanol–water partition coefficient (Wildman–Crippen LogP) is 4.00. The lowest BCUT2D eigenvalue weighted by atomic mass is 10.0. The predicted molar refractivity (Wildman–Crippen MR) is 96.7 cm³/mol. The Morgan fingerprint density at radius 1 is 1.12 bits per heavy atom. The zero-order valence-electron chi connectivity index (χ0n) is 12.9. The van der Waals surface area contributed by atoms with Gasteiger partial charge in [0, 0.05) is 10.0 Å². The first-order chi connectivity index (χ1) is 11.6. The van der Waals surface area contributed by atoms with Crippen LogP contribution in [0.15, 0.2) is 53.1 Å². The van der Waals surface area contributed by atoms with E-state index in [1.807, 2.05) is 49.4 Å². The van der Waals surface area contributed by atoms with E-state index in [1.54, 1.807) is 6.20 Å². The zero-order valence-corrected chi connectivity index (χ0v) is 14.5. The van der Waals surface area contributed by atoms with Crippen molar-refractivity contribution < 1.29 is 4.79 Å². The molecule has 3 aromatic rings. The summed E-state index contributed by atoms with van der Waals surface area (Å²) in [7, 11) is 0. The number of H-pyrrole nitrogens is 1. The van der Waals surface area contributed by atoms with Gasteiger partial charge in [0.25, 0.3) is 5.91 Å². The van der Waals surface area contributed by atoms with Crippen molar-refractivity contribution in [1.82, 2.24) is 15.5 Å². The summed E-state index contributed by atoms with van der Waals surface area (Å²) in [5, 5.41) is 13.6. The van der Waals surface area contributed by atoms with Crippen LogP contribution < -0.4 is 10.6 Å². The molecule has 0 saturated heterocycles. The van der Waals surface area contributed by atoms with Crippen molar-refractivity contribution in [3.8, 4) is 11.3 Å². The van der Waals surface area contributed by atoms with Crippen LogP contribution in [-0.2, 0) is 0 Å². The summed E-state index contributed by atoms with van der Waals surface area (Å²) in [5.41, 5.74) is 5.28. The lowest BCUT2D eigenvalue weighted by molar-refractivity contribution is 0.0935. The number of aromatic nitrogens is 2. The van der Waals surface area contributed by atoms with Crippen LogP contribution in [0, 0.1) is 6.92 Å². The summed E-state index contributed by atoms with van der Waals surface area (Å²) in [5.74, 6) is -0.0987. The quantitative estimate of drug-likeness (QED) is 0.627. The molecule has 0 radical (unpaired) electrons. The molecule has 0 saturated carbocycles. The highest BCUT2D eigenvalue weighted by molar-refractivity contribution is 9.10. The highest BCUT2D eigenvalue weighted by Crippen LogP contribution is 2.36. The molecule has 2 heterocycles. The van der Waals surface area contributed by atoms with Gasteiger partial charge in [-0.3, -0.25) is 9.89 Å². The third kappa shape index (κ3) is 2.49. The molecule has 1 aliphatic rings. The number of nitrogens with one attached hydrogen (secondary N) is 3. The number of carbonyl (C=O) groups is 1. The van der Waals surface area contributed by atoms with Crippen molar-refractivity contribution >= 4 is 27.5 Å². The van der Waals surface area contributed by atoms with Gasteiger partial charge in [-0.05, 0) is 46.1 Å². The van der Waals surface area contributed by atoms with Gasteiger partial charge in [-0.2, -0.15) is 5.10 Å². The Hall–Kier alpha value is -2.60. The van der Waals surface area contributed by atoms with Crippen LogP contribution >= 0.6 is 15.9 Å². The summed E-state index contributed by atoms with van der Waals surface area (Å²) in [4.78, 5) is 12.5. The fourth-order valence-electron chi connectivity index (χ4n) is 2.96. The highest BCUT2D eigenvalue weighted by Gasteiger charge is 2.29. The largest absolute Gasteiger partial charge is 0.360 e. The molecule has 0 aliphatic carbocycles. The number of benzene rings is 2. The molecule has 4 rings (SSSR count). The van der Waals surface area contributed by atoms with E-state index in [9.17, 15) is 4.79 Å². The molecule has 120 valence electrons. The first-order valence-corrected chi connectivity index (χ1v) is 8.39. The third-order valence-corrected chi connectivity index (χ3v) is 4.71. The molecule has 1 amide bonds. The van der Waals surface area contributed by atoms with Gasteiger partial charge in [-0.1, -0.05) is 30.3 Å². The number of hydrogen-bond donors (Lipinski definition) is 3. The fraction of sp³-hybridized carbons (Fsp3) is 0.111. The number of aromatic amines is 1. The van der Waals surface area contributed by atoms with E-state index >= 15 is 0 Å². The number of hydrogen-bond acceptors (Lipinski definition) is 3. The second-order valence-electron chi connectivity index (χ2n) is 5.79. The molecule has 0 spiro atoms. The Kier molecular flexibility index (Phi) is 3.61. The molecule has 6 heteroatoms. The summed E-state index contributed by atoms with van der Waals surface area (Å²) in [6.45, 7) is 1.97. The Morgan fingerprint density at radius 2 is 1.92 bits per heavy atom. The van der Waals surface area contributed by atoms with Gasteiger partial charge in [0.1, 0.15) is 6.17 Å². The number of carbonyl (C=O) groups excluding carboxylic acids is 1. The van der Waals surface area contributed by atoms with Crippen molar-refractivity contribution in [2.45, 2.75) is 13.1 Å². The molecule has 24 heavy (non-hydrogen) atoms. The van der Waals surface area contributed by atoms with Crippen LogP contribution in [0.3, 0.4) is 0 Å². The molecule has 0 fully saturated rings. The topological polar surface area (TPSA) is 69.8 Å². The lowest BCUT2D eigenvalue weighted by Gasteiger charge is -2.29. The molecule has 1 unspecified atom stereocenters. The molecule has 2 aromatic carbocycles. The average Bonchev–Trinajstić information content (AvgIpc) is 3.06. The van der Waals surface area contributed by atoms with Gasteiger partial charge in [-0.25, -0.2) is 0 Å². The van der Waals surface area contributed by atoms with Gasteiger partial charge in [0.2, 0.25) is 0 Å². The summed E-state index contributed by atoms with van der Waals surface area (Å²) in [6, 6.07) is 13.8. The van der Waals surface area contributed by atoms with Crippen molar-refractivity contribution in [3.63, 3.8) is 0 Å². The maximum atomic E-state index is 12.5. The van der Waals surface area contributed by atoms with Gasteiger partial charge in [0.05, 0.1) is 23.1 Å². The summed E-state index contributed by atoms with van der Waals surface area (Å²) >= 11 is 3.55. The first-order valence-electron chi connectivity index (χ1n) is 7.59. The van der Waals surface area contributed by atoms with Crippen LogP contribution in [0.4, 0.5) is 5.69 Å². The van der Waals surface area contributed by atoms with Crippen molar-refractivity contribution in [1.29, 1.82) is 0 Å². The monoisotopic (exact) mass is 382 g/mol. The molecule has 0 bridgehead atoms. The Balaban J connectivity index is 1.76. The Bertz CT molecular complexity index is 920. The van der Waals surface area contributed by atoms with E-state index in [-0.39, 0.29) is 12.1 Å². The van der Waals surface area contributed by atoms with E-state index < -0.39 is 0 Å². The lowest BCUT2D eigenvalue weighted by Crippen LogP contribution is -2.38. The van der Waals surface area contributed by atoms with Crippen LogP contribution in [-0.4, -0.2) is 16.1 Å². The molecule has 1 aliphatic heterocycles. The minimum absolute atomic E-state index is 0.0987. The van der Waals surface area contributed by atoms with Crippen LogP contribution in [0.2, 0.25) is 0 Å². The number of amides is 1. The minimum Gasteiger partial charge on any atom is -0.360 e. The molecule has 1 aromatic heterocycles. The average molecular weight is 383 g/mol. The number of fused-ring (bicyclic) bond motifs is 1. The van der Waals surface area contributed by atoms with Gasteiger partial charge < -0.3 is 10.6 Å². The Labute approximate surface area is 147 Å². The minimum atomic E-state index is -0.349. The summed E-state index contributed by atoms with van der Waals surface area (Å²) < 4.78 is 0.877. The Morgan fingerprint density at radius 3 is 2.71 bits per heavy atom. The van der Waals surface area contributed by atoms with E-state index in [1.165, 1.54) is 0 Å². The van der Waals surface area contributed by atoms with Crippen LogP contribution in [0.5, 0.6) is 0 Å². The van der Waals surface area contributed by atoms with Crippen molar-refractivity contribution in [2.24, 2.45) is 0 Å². The van der Waals surface area contributed by atoms with Crippen molar-refractivity contribution in [2.75, 3.05) is 5.32 Å². The number of nitrogens with zero attached hydrogens (tertiary/aromatic N) is 1. The molecular weight excluding hydrogens is 368 g/mol. The van der Waals surface area contributed by atoms with Crippen LogP contribution in [0.25, 0.3) is 11.3 Å². The number of anilines is 1. The van der Waals surface area contributed by atoms with Crippen molar-refractivity contribution in [3.05, 3.63) is 69.8 Å². The maximum Gasteiger partial charge on any atom is 0.255 e. The standard InChI is InChI=1S/C18H15BrN4O/c1-10-7-12-16(14(19)8-10)21-17(22-18(12)24)13-9-20-23-15(13)11-5-3-2-4-6-11/h2-9,17,21H,1H3,(H,20,23)(H,22,24). The molecule has 1 atom stereocenters. The van der Waals surface area contributed by atoms with Gasteiger partial charge in [-0.15, -0.1) is 0 Å². The highest BCUT2D eigenvalue weighted by atomic mass is 79.9. The van der Waals surface area contributed by atoms with Gasteiger partial charge >= 0.3 is 0 Å². The molecule has 5 nitrogen and oxygen atoms in total. The normalized spacial score (nSPS) is 16.2. The third-order valence-electron chi connectivity index (χ3n) is 4.09. The van der Waals surface area contributed by atoms with E-state index in [0.717, 1.165) is 32.5 Å². The smallest absolute Gasteiger partial charge is 0.255 e. The number of rotatable bonds is 2. The fourth-order valence-corrected chi connectivity index (χ4v) is 3.65. The second kappa shape index (κ2) is 5.79. The van der Waals surface area contributed by atoms with Gasteiger partial charge in [0.15, 0.2) is 0 Å². The number of aryl methyl sites for hydroxylation is 1. The zero-order chi connectivity index (χ0) is 16.7. The second-order valence-corrected chi connectivity index (χ2v) is 6.64. The van der Waals surface area contributed by atoms with E-state index in [0.29, 0.717) is 5.56 Å².